The minimum absolute atomic E-state index is 0.250. The van der Waals surface area contributed by atoms with Crippen LogP contribution in [0, 0.1) is 0 Å². The van der Waals surface area contributed by atoms with Crippen LogP contribution in [0.4, 0.5) is 0 Å². The summed E-state index contributed by atoms with van der Waals surface area (Å²) in [6.07, 6.45) is 13.1. The summed E-state index contributed by atoms with van der Waals surface area (Å²) in [5.74, 6) is 4.43. The highest BCUT2D eigenvalue weighted by atomic mass is 32.2. The second-order valence-corrected chi connectivity index (χ2v) is 8.93. The smallest absolute Gasteiger partial charge is 0.137 e. The minimum Gasteiger partial charge on any atom is -0.345 e. The average molecular weight is 403 g/mol. The van der Waals surface area contributed by atoms with Gasteiger partial charge in [-0.1, -0.05) is 24.4 Å². The zero-order chi connectivity index (χ0) is 20.5. The van der Waals surface area contributed by atoms with Crippen molar-refractivity contribution in [2.75, 3.05) is 6.54 Å². The Labute approximate surface area is 174 Å². The minimum atomic E-state index is -0.250. The van der Waals surface area contributed by atoms with Gasteiger partial charge in [-0.05, 0) is 55.2 Å². The van der Waals surface area contributed by atoms with E-state index in [0.717, 1.165) is 28.6 Å². The third kappa shape index (κ3) is 3.41. The van der Waals surface area contributed by atoms with Gasteiger partial charge in [-0.2, -0.15) is 0 Å². The van der Waals surface area contributed by atoms with Gasteiger partial charge in [-0.3, -0.25) is 4.98 Å². The Morgan fingerprint density at radius 1 is 1.31 bits per heavy atom. The fraction of sp³-hybridized carbons (Fsp3) is 0.208. The number of hydrogen-bond donors (Lipinski definition) is 2. The number of H-pyrrole nitrogens is 1. The molecule has 0 bridgehead atoms. The molecule has 0 amide bonds. The SMILES string of the molecule is C=S1C(c2c[nH]c3ncc(C(/C(C)=C\CN)=C(\C)CC)cc23)=Cc2ccncc21. The summed E-state index contributed by atoms with van der Waals surface area (Å²) in [6.45, 7) is 7.02. The topological polar surface area (TPSA) is 67.6 Å². The molecule has 1 aliphatic heterocycles. The number of aromatic nitrogens is 3. The van der Waals surface area contributed by atoms with E-state index in [-0.39, 0.29) is 10.5 Å². The van der Waals surface area contributed by atoms with E-state index in [2.05, 4.69) is 67.1 Å². The van der Waals surface area contributed by atoms with Crippen LogP contribution in [0.25, 0.3) is 27.6 Å². The second kappa shape index (κ2) is 7.93. The van der Waals surface area contributed by atoms with Crippen molar-refractivity contribution in [1.82, 2.24) is 15.0 Å². The highest BCUT2D eigenvalue weighted by molar-refractivity contribution is 8.22. The zero-order valence-electron chi connectivity index (χ0n) is 17.1. The van der Waals surface area contributed by atoms with Crippen molar-refractivity contribution in [2.45, 2.75) is 32.1 Å². The van der Waals surface area contributed by atoms with Crippen molar-refractivity contribution in [2.24, 2.45) is 5.73 Å². The monoisotopic (exact) mass is 402 g/mol. The van der Waals surface area contributed by atoms with Gasteiger partial charge in [0, 0.05) is 57.6 Å². The maximum atomic E-state index is 5.79. The number of nitrogens with two attached hydrogens (primary N) is 1. The summed E-state index contributed by atoms with van der Waals surface area (Å²) in [7, 11) is -0.250. The van der Waals surface area contributed by atoms with Crippen molar-refractivity contribution in [3.05, 3.63) is 70.8 Å². The first-order chi connectivity index (χ1) is 14.0. The summed E-state index contributed by atoms with van der Waals surface area (Å²) in [4.78, 5) is 14.8. The second-order valence-electron chi connectivity index (χ2n) is 7.27. The molecule has 1 unspecified atom stereocenters. The molecule has 1 atom stereocenters. The molecular weight excluding hydrogens is 376 g/mol. The number of pyridine rings is 2. The van der Waals surface area contributed by atoms with Gasteiger partial charge in [0.2, 0.25) is 0 Å². The number of aromatic amines is 1. The third-order valence-corrected chi connectivity index (χ3v) is 7.24. The molecule has 3 aromatic heterocycles. The fourth-order valence-electron chi connectivity index (χ4n) is 3.87. The Hall–Kier alpha value is -2.76. The van der Waals surface area contributed by atoms with Gasteiger partial charge in [0.15, 0.2) is 0 Å². The highest BCUT2D eigenvalue weighted by Crippen LogP contribution is 2.49. The molecular formula is C24H26N4S. The lowest BCUT2D eigenvalue weighted by Gasteiger charge is -2.13. The third-order valence-electron chi connectivity index (χ3n) is 5.49. The number of hydrogen-bond acceptors (Lipinski definition) is 3. The lowest BCUT2D eigenvalue weighted by atomic mass is 9.93. The molecule has 4 nitrogen and oxygen atoms in total. The van der Waals surface area contributed by atoms with Crippen molar-refractivity contribution in [1.29, 1.82) is 0 Å². The Morgan fingerprint density at radius 2 is 2.14 bits per heavy atom. The molecule has 0 saturated heterocycles. The summed E-state index contributed by atoms with van der Waals surface area (Å²) >= 11 is 0. The van der Waals surface area contributed by atoms with Gasteiger partial charge in [0.05, 0.1) is 0 Å². The van der Waals surface area contributed by atoms with E-state index in [4.69, 9.17) is 10.7 Å². The number of allylic oxidation sites excluding steroid dienone is 3. The molecule has 4 heterocycles. The van der Waals surface area contributed by atoms with E-state index in [9.17, 15) is 0 Å². The molecule has 0 spiro atoms. The van der Waals surface area contributed by atoms with Crippen LogP contribution >= 0.6 is 10.5 Å². The first-order valence-corrected chi connectivity index (χ1v) is 11.2. The molecule has 0 aromatic carbocycles. The van der Waals surface area contributed by atoms with Crippen LogP contribution in [0.1, 0.15) is 43.9 Å². The number of nitrogens with one attached hydrogen (secondary N) is 1. The Morgan fingerprint density at radius 3 is 2.86 bits per heavy atom. The lowest BCUT2D eigenvalue weighted by molar-refractivity contribution is 1.10. The maximum absolute atomic E-state index is 5.79. The van der Waals surface area contributed by atoms with E-state index < -0.39 is 0 Å². The quantitative estimate of drug-likeness (QED) is 0.430. The van der Waals surface area contributed by atoms with Crippen LogP contribution in [0.15, 0.2) is 59.0 Å². The van der Waals surface area contributed by atoms with Crippen LogP contribution in [0.2, 0.25) is 0 Å². The molecule has 148 valence electrons. The van der Waals surface area contributed by atoms with Gasteiger partial charge in [-0.25, -0.2) is 4.98 Å². The Balaban J connectivity index is 1.87. The summed E-state index contributed by atoms with van der Waals surface area (Å²) in [6, 6.07) is 4.30. The summed E-state index contributed by atoms with van der Waals surface area (Å²) in [5.41, 5.74) is 13.9. The van der Waals surface area contributed by atoms with Crippen molar-refractivity contribution >= 4 is 43.9 Å². The van der Waals surface area contributed by atoms with Crippen molar-refractivity contribution in [3.8, 4) is 0 Å². The van der Waals surface area contributed by atoms with Crippen molar-refractivity contribution in [3.63, 3.8) is 0 Å². The summed E-state index contributed by atoms with van der Waals surface area (Å²) < 4.78 is 0. The van der Waals surface area contributed by atoms with Gasteiger partial charge in [-0.15, -0.1) is 10.5 Å². The van der Waals surface area contributed by atoms with Crippen LogP contribution in [-0.2, 0) is 0 Å². The Kier molecular flexibility index (Phi) is 5.35. The van der Waals surface area contributed by atoms with E-state index in [1.54, 1.807) is 0 Å². The molecule has 3 N–H and O–H groups in total. The molecule has 3 aromatic rings. The van der Waals surface area contributed by atoms with Crippen molar-refractivity contribution < 1.29 is 0 Å². The van der Waals surface area contributed by atoms with Gasteiger partial charge >= 0.3 is 0 Å². The first-order valence-electron chi connectivity index (χ1n) is 9.79. The molecule has 29 heavy (non-hydrogen) atoms. The van der Waals surface area contributed by atoms with Gasteiger partial charge in [0.1, 0.15) is 5.65 Å². The molecule has 4 rings (SSSR count). The van der Waals surface area contributed by atoms with E-state index >= 15 is 0 Å². The normalized spacial score (nSPS) is 17.3. The largest absolute Gasteiger partial charge is 0.345 e. The fourth-order valence-corrected chi connectivity index (χ4v) is 5.41. The standard InChI is InChI=1S/C24H26N4S/c1-5-15(2)23(16(3)6-8-25)18-10-19-20(13-28-24(19)27-12-18)21-11-17-7-9-26-14-22(17)29(21)4/h6-7,9-14H,4-5,8,25H2,1-3H3,(H,27,28)/b16-6-,23-15+. The lowest BCUT2D eigenvalue weighted by Crippen LogP contribution is -1.98. The molecule has 0 fully saturated rings. The van der Waals surface area contributed by atoms with Crippen LogP contribution < -0.4 is 5.73 Å². The number of fused-ring (bicyclic) bond motifs is 2. The predicted molar refractivity (Wildman–Crippen MR) is 127 cm³/mol. The molecule has 0 saturated carbocycles. The van der Waals surface area contributed by atoms with E-state index in [1.165, 1.54) is 32.1 Å². The first kappa shape index (κ1) is 19.6. The van der Waals surface area contributed by atoms with E-state index in [0.29, 0.717) is 6.54 Å². The molecule has 5 heteroatoms. The maximum Gasteiger partial charge on any atom is 0.137 e. The Bertz CT molecular complexity index is 1210. The van der Waals surface area contributed by atoms with Crippen LogP contribution in [-0.4, -0.2) is 27.4 Å². The van der Waals surface area contributed by atoms with Crippen LogP contribution in [0.5, 0.6) is 0 Å². The van der Waals surface area contributed by atoms with E-state index in [1.807, 2.05) is 18.6 Å². The average Bonchev–Trinajstić information content (AvgIpc) is 3.29. The highest BCUT2D eigenvalue weighted by Gasteiger charge is 2.21. The molecule has 0 aliphatic carbocycles. The number of nitrogens with zero attached hydrogens (tertiary/aromatic N) is 2. The van der Waals surface area contributed by atoms with Gasteiger partial charge < -0.3 is 10.7 Å². The molecule has 0 radical (unpaired) electrons. The van der Waals surface area contributed by atoms with Crippen LogP contribution in [0.3, 0.4) is 0 Å². The summed E-state index contributed by atoms with van der Waals surface area (Å²) in [5, 5.41) is 1.12. The zero-order valence-corrected chi connectivity index (χ0v) is 17.9. The number of rotatable bonds is 5. The predicted octanol–water partition coefficient (Wildman–Crippen LogP) is 5.62. The van der Waals surface area contributed by atoms with Gasteiger partial charge in [0.25, 0.3) is 0 Å². The molecule has 1 aliphatic rings.